The first-order valence-electron chi connectivity index (χ1n) is 12.4. The second-order valence-electron chi connectivity index (χ2n) is 8.85. The third-order valence-corrected chi connectivity index (χ3v) is 6.62. The second-order valence-corrected chi connectivity index (χ2v) is 8.85. The number of para-hydroxylation sites is 1. The number of hydrogen-bond donors (Lipinski definition) is 0. The zero-order valence-electron chi connectivity index (χ0n) is 20.9. The maximum atomic E-state index is 14.6. The van der Waals surface area contributed by atoms with Gasteiger partial charge in [-0.1, -0.05) is 43.3 Å². The van der Waals surface area contributed by atoms with Gasteiger partial charge < -0.3 is 14.4 Å². The van der Waals surface area contributed by atoms with E-state index in [0.29, 0.717) is 56.2 Å². The summed E-state index contributed by atoms with van der Waals surface area (Å²) < 4.78 is 25.6. The Morgan fingerprint density at radius 2 is 1.86 bits per heavy atom. The molecule has 4 rings (SSSR count). The third kappa shape index (κ3) is 5.91. The molecule has 2 amide bonds. The molecule has 0 spiro atoms. The van der Waals surface area contributed by atoms with Crippen molar-refractivity contribution in [2.75, 3.05) is 53.0 Å². The summed E-state index contributed by atoms with van der Waals surface area (Å²) in [6.07, 6.45) is 0.638. The van der Waals surface area contributed by atoms with Gasteiger partial charge in [-0.15, -0.1) is 0 Å². The second kappa shape index (κ2) is 12.1. The van der Waals surface area contributed by atoms with Gasteiger partial charge in [0.05, 0.1) is 32.1 Å². The van der Waals surface area contributed by atoms with Crippen LogP contribution in [-0.4, -0.2) is 85.4 Å². The van der Waals surface area contributed by atoms with E-state index in [0.717, 1.165) is 18.7 Å². The van der Waals surface area contributed by atoms with Gasteiger partial charge in [0, 0.05) is 50.1 Å². The number of hydrogen-bond acceptors (Lipinski definition) is 6. The average Bonchev–Trinajstić information content (AvgIpc) is 3.36. The summed E-state index contributed by atoms with van der Waals surface area (Å²) >= 11 is 0. The van der Waals surface area contributed by atoms with Crippen LogP contribution in [0.3, 0.4) is 0 Å². The van der Waals surface area contributed by atoms with Crippen molar-refractivity contribution in [3.8, 4) is 5.75 Å². The van der Waals surface area contributed by atoms with Gasteiger partial charge in [0.1, 0.15) is 18.1 Å². The van der Waals surface area contributed by atoms with E-state index in [1.54, 1.807) is 37.1 Å². The molecule has 0 aliphatic carbocycles. The highest BCUT2D eigenvalue weighted by Crippen LogP contribution is 2.37. The van der Waals surface area contributed by atoms with Crippen molar-refractivity contribution >= 4 is 17.5 Å². The number of methoxy groups -OCH3 is 1. The number of ether oxygens (including phenoxy) is 2. The summed E-state index contributed by atoms with van der Waals surface area (Å²) in [7, 11) is 1.58. The number of nitrogens with zero attached hydrogens (tertiary/aromatic N) is 4. The number of halogens is 1. The number of hydrazone groups is 1. The number of carbonyl (C=O) groups is 2. The molecule has 0 saturated carbocycles. The van der Waals surface area contributed by atoms with E-state index in [-0.39, 0.29) is 18.4 Å². The Kier molecular flexibility index (Phi) is 8.66. The van der Waals surface area contributed by atoms with Crippen molar-refractivity contribution in [2.24, 2.45) is 5.10 Å². The zero-order chi connectivity index (χ0) is 25.5. The first-order valence-corrected chi connectivity index (χ1v) is 12.4. The molecule has 0 bridgehead atoms. The fourth-order valence-corrected chi connectivity index (χ4v) is 4.62. The topological polar surface area (TPSA) is 74.7 Å². The number of amides is 2. The minimum absolute atomic E-state index is 0.0945. The van der Waals surface area contributed by atoms with Crippen LogP contribution in [0.5, 0.6) is 5.75 Å². The summed E-state index contributed by atoms with van der Waals surface area (Å²) in [5, 5.41) is 5.97. The zero-order valence-corrected chi connectivity index (χ0v) is 20.9. The molecule has 2 aromatic carbocycles. The molecule has 8 nitrogen and oxygen atoms in total. The van der Waals surface area contributed by atoms with Gasteiger partial charge in [-0.3, -0.25) is 14.5 Å². The lowest BCUT2D eigenvalue weighted by Gasteiger charge is -2.31. The van der Waals surface area contributed by atoms with Crippen molar-refractivity contribution in [2.45, 2.75) is 25.8 Å². The Morgan fingerprint density at radius 3 is 2.58 bits per heavy atom. The molecule has 2 aliphatic heterocycles. The fourth-order valence-electron chi connectivity index (χ4n) is 4.62. The highest BCUT2D eigenvalue weighted by atomic mass is 19.1. The Hall–Kier alpha value is -3.30. The fraction of sp³-hybridized carbons (Fsp3) is 0.444. The Bertz CT molecular complexity index is 1100. The van der Waals surface area contributed by atoms with Gasteiger partial charge in [0.15, 0.2) is 0 Å². The van der Waals surface area contributed by atoms with E-state index < -0.39 is 11.9 Å². The number of morpholine rings is 1. The van der Waals surface area contributed by atoms with Crippen LogP contribution in [0, 0.1) is 5.82 Å². The van der Waals surface area contributed by atoms with Crippen LogP contribution in [0.25, 0.3) is 0 Å². The highest BCUT2D eigenvalue weighted by Gasteiger charge is 2.36. The molecule has 2 aliphatic rings. The number of carbonyl (C=O) groups excluding carboxylic acids is 2. The maximum Gasteiger partial charge on any atom is 0.262 e. The quantitative estimate of drug-likeness (QED) is 0.534. The molecule has 1 fully saturated rings. The minimum atomic E-state index is -0.471. The van der Waals surface area contributed by atoms with Crippen LogP contribution < -0.4 is 4.74 Å². The molecule has 192 valence electrons. The third-order valence-electron chi connectivity index (χ3n) is 6.62. The molecule has 2 aromatic rings. The van der Waals surface area contributed by atoms with Crippen molar-refractivity contribution in [3.63, 3.8) is 0 Å². The van der Waals surface area contributed by atoms with Crippen LogP contribution >= 0.6 is 0 Å². The van der Waals surface area contributed by atoms with E-state index >= 15 is 0 Å². The molecule has 1 saturated heterocycles. The lowest BCUT2D eigenvalue weighted by molar-refractivity contribution is -0.141. The van der Waals surface area contributed by atoms with Crippen LogP contribution in [0.4, 0.5) is 4.39 Å². The van der Waals surface area contributed by atoms with Crippen LogP contribution in [0.2, 0.25) is 0 Å². The van der Waals surface area contributed by atoms with Gasteiger partial charge in [-0.2, -0.15) is 5.10 Å². The lowest BCUT2D eigenvalue weighted by atomic mass is 9.97. The predicted molar refractivity (Wildman–Crippen MR) is 134 cm³/mol. The largest absolute Gasteiger partial charge is 0.496 e. The molecule has 2 heterocycles. The van der Waals surface area contributed by atoms with Crippen LogP contribution in [0.1, 0.15) is 36.9 Å². The summed E-state index contributed by atoms with van der Waals surface area (Å²) in [5.41, 5.74) is 1.63. The van der Waals surface area contributed by atoms with Crippen LogP contribution in [0.15, 0.2) is 53.6 Å². The monoisotopic (exact) mass is 496 g/mol. The molecule has 1 atom stereocenters. The minimum Gasteiger partial charge on any atom is -0.496 e. The first-order chi connectivity index (χ1) is 17.5. The summed E-state index contributed by atoms with van der Waals surface area (Å²) in [6.45, 7) is 5.75. The SMILES string of the molecule is CCC(=O)N(CCN1CCOCC1)CC(=O)N1N=C(c2ccccc2F)CC1c1ccccc1OC. The highest BCUT2D eigenvalue weighted by molar-refractivity contribution is 6.03. The number of benzene rings is 2. The Labute approximate surface area is 211 Å². The Balaban J connectivity index is 1.58. The van der Waals surface area contributed by atoms with Gasteiger partial charge in [0.25, 0.3) is 5.91 Å². The summed E-state index contributed by atoms with van der Waals surface area (Å²) in [5.74, 6) is -0.180. The van der Waals surface area contributed by atoms with Gasteiger partial charge in [0.2, 0.25) is 5.91 Å². The van der Waals surface area contributed by atoms with E-state index in [9.17, 15) is 14.0 Å². The molecule has 0 radical (unpaired) electrons. The molecule has 0 aromatic heterocycles. The van der Waals surface area contributed by atoms with Crippen molar-refractivity contribution in [1.29, 1.82) is 0 Å². The van der Waals surface area contributed by atoms with E-state index in [1.807, 2.05) is 24.3 Å². The molecule has 9 heteroatoms. The van der Waals surface area contributed by atoms with Crippen molar-refractivity contribution in [3.05, 3.63) is 65.5 Å². The van der Waals surface area contributed by atoms with Gasteiger partial charge in [-0.25, -0.2) is 9.40 Å². The molecule has 0 N–H and O–H groups in total. The molecular formula is C27H33FN4O4. The molecular weight excluding hydrogens is 463 g/mol. The van der Waals surface area contributed by atoms with Crippen molar-refractivity contribution < 1.29 is 23.5 Å². The smallest absolute Gasteiger partial charge is 0.262 e. The first kappa shape index (κ1) is 25.8. The molecule has 1 unspecified atom stereocenters. The van der Waals surface area contributed by atoms with Crippen molar-refractivity contribution in [1.82, 2.24) is 14.8 Å². The Morgan fingerprint density at radius 1 is 1.14 bits per heavy atom. The van der Waals surface area contributed by atoms with Gasteiger partial charge in [-0.05, 0) is 12.1 Å². The standard InChI is InChI=1S/C27H33FN4O4/c1-3-26(33)31(13-12-30-14-16-36-17-15-30)19-27(34)32-24(21-9-5-7-11-25(21)35-2)18-23(29-32)20-8-4-6-10-22(20)28/h4-11,24H,3,12-19H2,1-2H3. The lowest BCUT2D eigenvalue weighted by Crippen LogP contribution is -2.46. The van der Waals surface area contributed by atoms with E-state index in [4.69, 9.17) is 9.47 Å². The van der Waals surface area contributed by atoms with E-state index in [2.05, 4.69) is 10.0 Å². The van der Waals surface area contributed by atoms with Crippen LogP contribution in [-0.2, 0) is 14.3 Å². The normalized spacial score (nSPS) is 18.1. The summed E-state index contributed by atoms with van der Waals surface area (Å²) in [4.78, 5) is 30.2. The average molecular weight is 497 g/mol. The number of rotatable bonds is 9. The summed E-state index contributed by atoms with van der Waals surface area (Å²) in [6, 6.07) is 13.4. The van der Waals surface area contributed by atoms with Gasteiger partial charge >= 0.3 is 0 Å². The van der Waals surface area contributed by atoms with E-state index in [1.165, 1.54) is 11.1 Å². The predicted octanol–water partition coefficient (Wildman–Crippen LogP) is 3.08. The molecule has 36 heavy (non-hydrogen) atoms. The maximum absolute atomic E-state index is 14.6.